The summed E-state index contributed by atoms with van der Waals surface area (Å²) in [5.74, 6) is 1.81. The van der Waals surface area contributed by atoms with Crippen molar-refractivity contribution in [1.82, 2.24) is 5.32 Å². The van der Waals surface area contributed by atoms with E-state index >= 15 is 0 Å². The standard InChI is InChI=1S/C21H26N2O2S2/c1-3-25-20(24)18-10-11-19(16(2)14-18)23-21(26)22-12-7-13-27-15-17-8-5-4-6-9-17/h4-6,8-11,14H,3,7,12-13,15H2,1-2H3,(H2,22,23,26). The van der Waals surface area contributed by atoms with Crippen molar-refractivity contribution in [2.45, 2.75) is 26.0 Å². The van der Waals surface area contributed by atoms with E-state index in [4.69, 9.17) is 17.0 Å². The Morgan fingerprint density at radius 2 is 1.96 bits per heavy atom. The van der Waals surface area contributed by atoms with E-state index in [0.717, 1.165) is 35.7 Å². The van der Waals surface area contributed by atoms with Gasteiger partial charge in [0.1, 0.15) is 0 Å². The van der Waals surface area contributed by atoms with Gasteiger partial charge in [-0.05, 0) is 67.6 Å². The molecule has 0 spiro atoms. The van der Waals surface area contributed by atoms with Crippen molar-refractivity contribution in [3.8, 4) is 0 Å². The lowest BCUT2D eigenvalue weighted by molar-refractivity contribution is 0.0526. The van der Waals surface area contributed by atoms with Gasteiger partial charge in [0.15, 0.2) is 5.11 Å². The van der Waals surface area contributed by atoms with Crippen LogP contribution in [0.25, 0.3) is 0 Å². The van der Waals surface area contributed by atoms with E-state index in [-0.39, 0.29) is 5.97 Å². The number of thioether (sulfide) groups is 1. The van der Waals surface area contributed by atoms with Gasteiger partial charge in [-0.3, -0.25) is 0 Å². The number of anilines is 1. The van der Waals surface area contributed by atoms with Crippen LogP contribution >= 0.6 is 24.0 Å². The van der Waals surface area contributed by atoms with Gasteiger partial charge in [0.05, 0.1) is 12.2 Å². The number of hydrogen-bond acceptors (Lipinski definition) is 4. The maximum absolute atomic E-state index is 11.8. The molecule has 0 atom stereocenters. The predicted octanol–water partition coefficient (Wildman–Crippen LogP) is 4.78. The molecule has 0 fully saturated rings. The van der Waals surface area contributed by atoms with Gasteiger partial charge in [-0.25, -0.2) is 4.79 Å². The van der Waals surface area contributed by atoms with Crippen LogP contribution < -0.4 is 10.6 Å². The van der Waals surface area contributed by atoms with Crippen LogP contribution in [0.4, 0.5) is 5.69 Å². The molecular formula is C21H26N2O2S2. The van der Waals surface area contributed by atoms with Crippen LogP contribution in [0.15, 0.2) is 48.5 Å². The molecule has 0 aliphatic carbocycles. The molecule has 2 N–H and O–H groups in total. The topological polar surface area (TPSA) is 50.4 Å². The Morgan fingerprint density at radius 1 is 1.19 bits per heavy atom. The van der Waals surface area contributed by atoms with Crippen LogP contribution in [0, 0.1) is 6.92 Å². The fourth-order valence-electron chi connectivity index (χ4n) is 2.45. The Kier molecular flexibility index (Phi) is 9.15. The summed E-state index contributed by atoms with van der Waals surface area (Å²) in [7, 11) is 0. The second-order valence-electron chi connectivity index (χ2n) is 6.02. The van der Waals surface area contributed by atoms with Gasteiger partial charge in [0.2, 0.25) is 0 Å². The Balaban J connectivity index is 1.67. The lowest BCUT2D eigenvalue weighted by atomic mass is 10.1. The number of nitrogens with one attached hydrogen (secondary N) is 2. The number of aryl methyl sites for hydroxylation is 1. The number of hydrogen-bond donors (Lipinski definition) is 2. The van der Waals surface area contributed by atoms with Crippen molar-refractivity contribution in [2.24, 2.45) is 0 Å². The average Bonchev–Trinajstić information content (AvgIpc) is 2.67. The van der Waals surface area contributed by atoms with Crippen molar-refractivity contribution < 1.29 is 9.53 Å². The number of rotatable bonds is 9. The molecule has 0 heterocycles. The van der Waals surface area contributed by atoms with Crippen molar-refractivity contribution in [2.75, 3.05) is 24.2 Å². The Bertz CT molecular complexity index is 751. The van der Waals surface area contributed by atoms with Crippen LogP contribution in [0.2, 0.25) is 0 Å². The minimum Gasteiger partial charge on any atom is -0.462 e. The Morgan fingerprint density at radius 3 is 2.67 bits per heavy atom. The molecule has 0 aliphatic heterocycles. The van der Waals surface area contributed by atoms with E-state index in [1.165, 1.54) is 5.56 Å². The fraction of sp³-hybridized carbons (Fsp3) is 0.333. The first-order valence-electron chi connectivity index (χ1n) is 9.04. The zero-order chi connectivity index (χ0) is 19.5. The Labute approximate surface area is 171 Å². The third kappa shape index (κ3) is 7.61. The number of esters is 1. The molecule has 0 unspecified atom stereocenters. The molecular weight excluding hydrogens is 376 g/mol. The van der Waals surface area contributed by atoms with E-state index in [1.807, 2.05) is 36.9 Å². The molecule has 0 saturated heterocycles. The third-order valence-corrected chi connectivity index (χ3v) is 5.21. The predicted molar refractivity (Wildman–Crippen MR) is 119 cm³/mol. The maximum atomic E-state index is 11.8. The second kappa shape index (κ2) is 11.6. The number of ether oxygens (including phenoxy) is 1. The summed E-state index contributed by atoms with van der Waals surface area (Å²) in [6.45, 7) is 4.93. The summed E-state index contributed by atoms with van der Waals surface area (Å²) >= 11 is 7.28. The molecule has 2 aromatic carbocycles. The van der Waals surface area contributed by atoms with E-state index in [0.29, 0.717) is 17.3 Å². The monoisotopic (exact) mass is 402 g/mol. The second-order valence-corrected chi connectivity index (χ2v) is 7.54. The molecule has 0 saturated carbocycles. The van der Waals surface area contributed by atoms with Crippen molar-refractivity contribution in [1.29, 1.82) is 0 Å². The van der Waals surface area contributed by atoms with Crippen molar-refractivity contribution in [3.05, 3.63) is 65.2 Å². The van der Waals surface area contributed by atoms with E-state index < -0.39 is 0 Å². The number of thiocarbonyl (C=S) groups is 1. The third-order valence-electron chi connectivity index (χ3n) is 3.85. The zero-order valence-electron chi connectivity index (χ0n) is 15.8. The minimum absolute atomic E-state index is 0.305. The lowest BCUT2D eigenvalue weighted by Crippen LogP contribution is -2.29. The summed E-state index contributed by atoms with van der Waals surface area (Å²) in [6.07, 6.45) is 1.04. The number of carbonyl (C=O) groups is 1. The first kappa shape index (κ1) is 21.3. The SMILES string of the molecule is CCOC(=O)c1ccc(NC(=S)NCCCSCc2ccccc2)c(C)c1. The summed E-state index contributed by atoms with van der Waals surface area (Å²) in [5, 5.41) is 7.01. The molecule has 0 amide bonds. The van der Waals surface area contributed by atoms with Crippen LogP contribution in [-0.2, 0) is 10.5 Å². The lowest BCUT2D eigenvalue weighted by Gasteiger charge is -2.13. The smallest absolute Gasteiger partial charge is 0.338 e. The minimum atomic E-state index is -0.305. The molecule has 27 heavy (non-hydrogen) atoms. The first-order chi connectivity index (χ1) is 13.1. The molecule has 6 heteroatoms. The zero-order valence-corrected chi connectivity index (χ0v) is 17.4. The molecule has 0 aliphatic rings. The molecule has 0 radical (unpaired) electrons. The molecule has 2 aromatic rings. The van der Waals surface area contributed by atoms with E-state index in [1.54, 1.807) is 13.0 Å². The van der Waals surface area contributed by atoms with Crippen molar-refractivity contribution in [3.63, 3.8) is 0 Å². The van der Waals surface area contributed by atoms with Crippen LogP contribution in [0.3, 0.4) is 0 Å². The van der Waals surface area contributed by atoms with E-state index in [9.17, 15) is 4.79 Å². The molecule has 144 valence electrons. The van der Waals surface area contributed by atoms with Crippen LogP contribution in [-0.4, -0.2) is 30.0 Å². The van der Waals surface area contributed by atoms with Gasteiger partial charge >= 0.3 is 5.97 Å². The number of carbonyl (C=O) groups excluding carboxylic acids is 1. The quantitative estimate of drug-likeness (QED) is 0.358. The summed E-state index contributed by atoms with van der Waals surface area (Å²) in [4.78, 5) is 11.8. The molecule has 4 nitrogen and oxygen atoms in total. The summed E-state index contributed by atoms with van der Waals surface area (Å²) in [5.41, 5.74) is 3.74. The highest BCUT2D eigenvalue weighted by molar-refractivity contribution is 7.98. The number of benzene rings is 2. The molecule has 2 rings (SSSR count). The average molecular weight is 403 g/mol. The van der Waals surface area contributed by atoms with Crippen molar-refractivity contribution >= 4 is 40.7 Å². The summed E-state index contributed by atoms with van der Waals surface area (Å²) < 4.78 is 5.02. The fourth-order valence-corrected chi connectivity index (χ4v) is 3.59. The summed E-state index contributed by atoms with van der Waals surface area (Å²) in [6, 6.07) is 15.9. The first-order valence-corrected chi connectivity index (χ1v) is 10.6. The highest BCUT2D eigenvalue weighted by Gasteiger charge is 2.09. The van der Waals surface area contributed by atoms with Gasteiger partial charge < -0.3 is 15.4 Å². The van der Waals surface area contributed by atoms with Gasteiger partial charge in [-0.1, -0.05) is 30.3 Å². The van der Waals surface area contributed by atoms with E-state index in [2.05, 4.69) is 34.9 Å². The van der Waals surface area contributed by atoms with Gasteiger partial charge in [-0.15, -0.1) is 0 Å². The largest absolute Gasteiger partial charge is 0.462 e. The molecule has 0 bridgehead atoms. The van der Waals surface area contributed by atoms with Gasteiger partial charge in [0, 0.05) is 18.0 Å². The Hall–Kier alpha value is -2.05. The van der Waals surface area contributed by atoms with Crippen LogP contribution in [0.5, 0.6) is 0 Å². The van der Waals surface area contributed by atoms with Gasteiger partial charge in [-0.2, -0.15) is 11.8 Å². The normalized spacial score (nSPS) is 10.3. The maximum Gasteiger partial charge on any atom is 0.338 e. The highest BCUT2D eigenvalue weighted by Crippen LogP contribution is 2.17. The molecule has 0 aromatic heterocycles. The van der Waals surface area contributed by atoms with Gasteiger partial charge in [0.25, 0.3) is 0 Å². The highest BCUT2D eigenvalue weighted by atomic mass is 32.2. The van der Waals surface area contributed by atoms with Crippen LogP contribution in [0.1, 0.15) is 34.8 Å².